The highest BCUT2D eigenvalue weighted by molar-refractivity contribution is 6.31. The minimum atomic E-state index is -4.33. The summed E-state index contributed by atoms with van der Waals surface area (Å²) in [5, 5.41) is 3.70. The van der Waals surface area contributed by atoms with Crippen molar-refractivity contribution in [2.75, 3.05) is 6.54 Å². The summed E-state index contributed by atoms with van der Waals surface area (Å²) in [6.07, 6.45) is -1.21. The van der Waals surface area contributed by atoms with Gasteiger partial charge in [-0.1, -0.05) is 30.7 Å². The van der Waals surface area contributed by atoms with Crippen LogP contribution in [-0.2, 0) is 6.18 Å². The molecule has 0 saturated heterocycles. The SMILES string of the molecule is CCNC(c1ccc(C(F)(F)F)cc1)c1ccncc1Cl. The van der Waals surface area contributed by atoms with Crippen molar-refractivity contribution in [3.63, 3.8) is 0 Å². The van der Waals surface area contributed by atoms with Gasteiger partial charge in [0.15, 0.2) is 0 Å². The Kier molecular flexibility index (Phi) is 4.85. The molecule has 6 heteroatoms. The van der Waals surface area contributed by atoms with Gasteiger partial charge < -0.3 is 5.32 Å². The summed E-state index contributed by atoms with van der Waals surface area (Å²) in [5.74, 6) is 0. The Balaban J connectivity index is 2.37. The molecule has 0 spiro atoms. The lowest BCUT2D eigenvalue weighted by molar-refractivity contribution is -0.137. The van der Waals surface area contributed by atoms with Crippen LogP contribution in [0.15, 0.2) is 42.7 Å². The van der Waals surface area contributed by atoms with Crippen LogP contribution < -0.4 is 5.32 Å². The van der Waals surface area contributed by atoms with Gasteiger partial charge in [-0.3, -0.25) is 4.98 Å². The van der Waals surface area contributed by atoms with Crippen LogP contribution in [0.3, 0.4) is 0 Å². The molecule has 2 rings (SSSR count). The van der Waals surface area contributed by atoms with Crippen LogP contribution in [0.1, 0.15) is 29.7 Å². The van der Waals surface area contributed by atoms with Crippen molar-refractivity contribution in [2.45, 2.75) is 19.1 Å². The Bertz CT molecular complexity index is 597. The summed E-state index contributed by atoms with van der Waals surface area (Å²) in [6.45, 7) is 2.58. The number of rotatable bonds is 4. The van der Waals surface area contributed by atoms with Gasteiger partial charge >= 0.3 is 6.18 Å². The molecule has 0 aliphatic rings. The Labute approximate surface area is 126 Å². The van der Waals surface area contributed by atoms with Crippen molar-refractivity contribution in [3.8, 4) is 0 Å². The fourth-order valence-electron chi connectivity index (χ4n) is 2.10. The first kappa shape index (κ1) is 15.8. The van der Waals surface area contributed by atoms with Crippen LogP contribution in [0, 0.1) is 0 Å². The maximum Gasteiger partial charge on any atom is 0.416 e. The third kappa shape index (κ3) is 3.74. The molecule has 0 saturated carbocycles. The highest BCUT2D eigenvalue weighted by atomic mass is 35.5. The lowest BCUT2D eigenvalue weighted by atomic mass is 9.98. The summed E-state index contributed by atoms with van der Waals surface area (Å²) >= 11 is 6.13. The molecule has 2 nitrogen and oxygen atoms in total. The third-order valence-electron chi connectivity index (χ3n) is 3.09. The predicted molar refractivity (Wildman–Crippen MR) is 76.2 cm³/mol. The zero-order valence-corrected chi connectivity index (χ0v) is 12.0. The molecule has 1 heterocycles. The first-order valence-corrected chi connectivity index (χ1v) is 6.81. The average molecular weight is 315 g/mol. The molecule has 2 aromatic rings. The second kappa shape index (κ2) is 6.45. The maximum absolute atomic E-state index is 12.6. The van der Waals surface area contributed by atoms with E-state index in [1.165, 1.54) is 18.3 Å². The van der Waals surface area contributed by atoms with E-state index >= 15 is 0 Å². The van der Waals surface area contributed by atoms with Crippen LogP contribution >= 0.6 is 11.6 Å². The molecule has 1 atom stereocenters. The number of nitrogens with one attached hydrogen (secondary N) is 1. The topological polar surface area (TPSA) is 24.9 Å². The first-order valence-electron chi connectivity index (χ1n) is 6.43. The molecule has 1 N–H and O–H groups in total. The zero-order chi connectivity index (χ0) is 15.5. The average Bonchev–Trinajstić information content (AvgIpc) is 2.45. The van der Waals surface area contributed by atoms with Crippen molar-refractivity contribution in [1.29, 1.82) is 0 Å². The molecule has 0 fully saturated rings. The van der Waals surface area contributed by atoms with E-state index in [1.54, 1.807) is 12.3 Å². The van der Waals surface area contributed by atoms with E-state index in [0.717, 1.165) is 23.3 Å². The summed E-state index contributed by atoms with van der Waals surface area (Å²) in [5.41, 5.74) is 0.841. The van der Waals surface area contributed by atoms with E-state index in [4.69, 9.17) is 11.6 Å². The molecule has 21 heavy (non-hydrogen) atoms. The number of hydrogen-bond acceptors (Lipinski definition) is 2. The molecule has 1 unspecified atom stereocenters. The van der Waals surface area contributed by atoms with E-state index < -0.39 is 11.7 Å². The molecule has 112 valence electrons. The van der Waals surface area contributed by atoms with Crippen LogP contribution in [0.25, 0.3) is 0 Å². The Morgan fingerprint density at radius 3 is 2.38 bits per heavy atom. The third-order valence-corrected chi connectivity index (χ3v) is 3.41. The van der Waals surface area contributed by atoms with E-state index in [2.05, 4.69) is 10.3 Å². The molecule has 0 bridgehead atoms. The zero-order valence-electron chi connectivity index (χ0n) is 11.3. The predicted octanol–water partition coefficient (Wildman–Crippen LogP) is 4.45. The van der Waals surface area contributed by atoms with E-state index in [0.29, 0.717) is 11.6 Å². The molecular weight excluding hydrogens is 301 g/mol. The van der Waals surface area contributed by atoms with E-state index in [1.807, 2.05) is 6.92 Å². The van der Waals surface area contributed by atoms with Gasteiger partial charge in [-0.2, -0.15) is 13.2 Å². The summed E-state index contributed by atoms with van der Waals surface area (Å²) < 4.78 is 37.8. The monoisotopic (exact) mass is 314 g/mol. The fraction of sp³-hybridized carbons (Fsp3) is 0.267. The van der Waals surface area contributed by atoms with Crippen LogP contribution in [0.2, 0.25) is 5.02 Å². The van der Waals surface area contributed by atoms with Gasteiger partial charge in [-0.15, -0.1) is 0 Å². The standard InChI is InChI=1S/C15H14ClF3N2/c1-2-21-14(12-7-8-20-9-13(12)16)10-3-5-11(6-4-10)15(17,18)19/h3-9,14,21H,2H2,1H3. The molecule has 0 aliphatic heterocycles. The van der Waals surface area contributed by atoms with Gasteiger partial charge in [0, 0.05) is 12.4 Å². The largest absolute Gasteiger partial charge is 0.416 e. The number of aromatic nitrogens is 1. The minimum Gasteiger partial charge on any atom is -0.306 e. The van der Waals surface area contributed by atoms with Crippen molar-refractivity contribution in [1.82, 2.24) is 10.3 Å². The van der Waals surface area contributed by atoms with Crippen molar-refractivity contribution in [2.24, 2.45) is 0 Å². The normalized spacial score (nSPS) is 13.2. The number of nitrogens with zero attached hydrogens (tertiary/aromatic N) is 1. The van der Waals surface area contributed by atoms with Crippen LogP contribution in [-0.4, -0.2) is 11.5 Å². The molecule has 1 aromatic heterocycles. The molecule has 0 radical (unpaired) electrons. The number of halogens is 4. The maximum atomic E-state index is 12.6. The van der Waals surface area contributed by atoms with Crippen molar-refractivity contribution >= 4 is 11.6 Å². The number of benzene rings is 1. The number of alkyl halides is 3. The van der Waals surface area contributed by atoms with Gasteiger partial charge in [0.25, 0.3) is 0 Å². The first-order chi connectivity index (χ1) is 9.93. The molecule has 1 aromatic carbocycles. The van der Waals surface area contributed by atoms with Crippen molar-refractivity contribution in [3.05, 3.63) is 64.4 Å². The Morgan fingerprint density at radius 1 is 1.19 bits per heavy atom. The van der Waals surface area contributed by atoms with Gasteiger partial charge in [-0.25, -0.2) is 0 Å². The van der Waals surface area contributed by atoms with Gasteiger partial charge in [-0.05, 0) is 35.9 Å². The summed E-state index contributed by atoms with van der Waals surface area (Å²) in [4.78, 5) is 3.92. The van der Waals surface area contributed by atoms with Gasteiger partial charge in [0.2, 0.25) is 0 Å². The van der Waals surface area contributed by atoms with Gasteiger partial charge in [0.1, 0.15) is 0 Å². The summed E-state index contributed by atoms with van der Waals surface area (Å²) in [7, 11) is 0. The van der Waals surface area contributed by atoms with Gasteiger partial charge in [0.05, 0.1) is 16.6 Å². The number of hydrogen-bond donors (Lipinski definition) is 1. The quantitative estimate of drug-likeness (QED) is 0.901. The van der Waals surface area contributed by atoms with Crippen LogP contribution in [0.4, 0.5) is 13.2 Å². The molecule has 0 aliphatic carbocycles. The fourth-order valence-corrected chi connectivity index (χ4v) is 2.32. The molecular formula is C15H14ClF3N2. The van der Waals surface area contributed by atoms with Crippen molar-refractivity contribution < 1.29 is 13.2 Å². The number of pyridine rings is 1. The van der Waals surface area contributed by atoms with E-state index in [9.17, 15) is 13.2 Å². The highest BCUT2D eigenvalue weighted by Gasteiger charge is 2.30. The molecule has 0 amide bonds. The summed E-state index contributed by atoms with van der Waals surface area (Å²) in [6, 6.07) is 6.57. The highest BCUT2D eigenvalue weighted by Crippen LogP contribution is 2.32. The smallest absolute Gasteiger partial charge is 0.306 e. The Hall–Kier alpha value is -1.59. The lowest BCUT2D eigenvalue weighted by Gasteiger charge is -2.20. The Morgan fingerprint density at radius 2 is 1.86 bits per heavy atom. The van der Waals surface area contributed by atoms with Crippen LogP contribution in [0.5, 0.6) is 0 Å². The lowest BCUT2D eigenvalue weighted by Crippen LogP contribution is -2.22. The second-order valence-corrected chi connectivity index (χ2v) is 4.91. The second-order valence-electron chi connectivity index (χ2n) is 4.51. The van der Waals surface area contributed by atoms with E-state index in [-0.39, 0.29) is 6.04 Å². The minimum absolute atomic E-state index is 0.271.